The fourth-order valence-corrected chi connectivity index (χ4v) is 2.11. The van der Waals surface area contributed by atoms with Gasteiger partial charge in [0.1, 0.15) is 5.82 Å². The minimum Gasteiger partial charge on any atom is -0.369 e. The zero-order valence-electron chi connectivity index (χ0n) is 9.99. The Morgan fingerprint density at radius 1 is 1.31 bits per heavy atom. The summed E-state index contributed by atoms with van der Waals surface area (Å²) in [5.41, 5.74) is 0.699. The van der Waals surface area contributed by atoms with E-state index >= 15 is 0 Å². The summed E-state index contributed by atoms with van der Waals surface area (Å²) < 4.78 is 13.6. The number of nitrogens with zero attached hydrogens (tertiary/aromatic N) is 1. The van der Waals surface area contributed by atoms with Gasteiger partial charge < -0.3 is 4.90 Å². The van der Waals surface area contributed by atoms with E-state index in [0.29, 0.717) is 11.6 Å². The molecule has 0 heterocycles. The van der Waals surface area contributed by atoms with E-state index < -0.39 is 0 Å². The molecule has 1 rings (SSSR count). The monoisotopic (exact) mass is 241 g/mol. The van der Waals surface area contributed by atoms with E-state index in [1.54, 1.807) is 6.07 Å². The Morgan fingerprint density at radius 3 is 2.50 bits per heavy atom. The quantitative estimate of drug-likeness (QED) is 0.745. The maximum Gasteiger partial charge on any atom is 0.146 e. The number of hydrogen-bond donors (Lipinski definition) is 1. The van der Waals surface area contributed by atoms with Gasteiger partial charge in [0.2, 0.25) is 0 Å². The van der Waals surface area contributed by atoms with Crippen molar-refractivity contribution in [2.24, 2.45) is 5.92 Å². The number of benzene rings is 1. The van der Waals surface area contributed by atoms with Crippen LogP contribution < -0.4 is 4.90 Å². The van der Waals surface area contributed by atoms with Crippen molar-refractivity contribution >= 4 is 18.3 Å². The van der Waals surface area contributed by atoms with Crippen molar-refractivity contribution < 1.29 is 4.39 Å². The molecule has 16 heavy (non-hydrogen) atoms. The van der Waals surface area contributed by atoms with Gasteiger partial charge in [0.05, 0.1) is 5.69 Å². The number of halogens is 1. The SMILES string of the molecule is CCC(CS)CN(CC)c1ccccc1F. The Kier molecular flexibility index (Phi) is 5.67. The summed E-state index contributed by atoms with van der Waals surface area (Å²) in [4.78, 5) is 2.08. The fraction of sp³-hybridized carbons (Fsp3) is 0.538. The van der Waals surface area contributed by atoms with Gasteiger partial charge in [0.25, 0.3) is 0 Å². The average Bonchev–Trinajstić information content (AvgIpc) is 2.32. The highest BCUT2D eigenvalue weighted by atomic mass is 32.1. The van der Waals surface area contributed by atoms with Crippen molar-refractivity contribution in [1.82, 2.24) is 0 Å². The first-order valence-corrected chi connectivity index (χ1v) is 6.46. The molecule has 0 fully saturated rings. The highest BCUT2D eigenvalue weighted by Crippen LogP contribution is 2.20. The van der Waals surface area contributed by atoms with Gasteiger partial charge >= 0.3 is 0 Å². The van der Waals surface area contributed by atoms with Gasteiger partial charge in [-0.05, 0) is 30.7 Å². The third-order valence-electron chi connectivity index (χ3n) is 2.89. The van der Waals surface area contributed by atoms with E-state index in [1.807, 2.05) is 12.1 Å². The molecule has 0 aliphatic heterocycles. The molecule has 0 amide bonds. The molecule has 0 saturated carbocycles. The second-order valence-corrected chi connectivity index (χ2v) is 4.31. The van der Waals surface area contributed by atoms with Crippen molar-refractivity contribution in [3.05, 3.63) is 30.1 Å². The summed E-state index contributed by atoms with van der Waals surface area (Å²) >= 11 is 4.33. The molecule has 1 atom stereocenters. The molecule has 0 aliphatic carbocycles. The third kappa shape index (κ3) is 3.41. The molecule has 0 N–H and O–H groups in total. The van der Waals surface area contributed by atoms with Gasteiger partial charge in [-0.1, -0.05) is 25.5 Å². The van der Waals surface area contributed by atoms with Gasteiger partial charge in [0, 0.05) is 13.1 Å². The van der Waals surface area contributed by atoms with E-state index in [1.165, 1.54) is 6.07 Å². The highest BCUT2D eigenvalue weighted by Gasteiger charge is 2.13. The number of rotatable bonds is 6. The third-order valence-corrected chi connectivity index (χ3v) is 3.41. The molecular formula is C13H20FNS. The molecule has 90 valence electrons. The lowest BCUT2D eigenvalue weighted by molar-refractivity contribution is 0.546. The lowest BCUT2D eigenvalue weighted by Crippen LogP contribution is -2.30. The zero-order valence-corrected chi connectivity index (χ0v) is 10.9. The van der Waals surface area contributed by atoms with Crippen LogP contribution >= 0.6 is 12.6 Å². The Bertz CT molecular complexity index is 313. The molecule has 1 aromatic rings. The number of anilines is 1. The van der Waals surface area contributed by atoms with Crippen molar-refractivity contribution in [3.8, 4) is 0 Å². The summed E-state index contributed by atoms with van der Waals surface area (Å²) in [5.74, 6) is 1.22. The second-order valence-electron chi connectivity index (χ2n) is 3.95. The lowest BCUT2D eigenvalue weighted by atomic mass is 10.1. The molecule has 0 spiro atoms. The van der Waals surface area contributed by atoms with Gasteiger partial charge in [-0.3, -0.25) is 0 Å². The van der Waals surface area contributed by atoms with Crippen molar-refractivity contribution in [2.75, 3.05) is 23.7 Å². The molecule has 1 aromatic carbocycles. The van der Waals surface area contributed by atoms with Crippen LogP contribution in [-0.4, -0.2) is 18.8 Å². The Hall–Kier alpha value is -0.700. The maximum absolute atomic E-state index is 13.6. The molecular weight excluding hydrogens is 221 g/mol. The van der Waals surface area contributed by atoms with E-state index in [9.17, 15) is 4.39 Å². The largest absolute Gasteiger partial charge is 0.369 e. The van der Waals surface area contributed by atoms with Crippen LogP contribution in [0.5, 0.6) is 0 Å². The van der Waals surface area contributed by atoms with Crippen LogP contribution in [-0.2, 0) is 0 Å². The van der Waals surface area contributed by atoms with Crippen LogP contribution in [0.25, 0.3) is 0 Å². The van der Waals surface area contributed by atoms with E-state index in [0.717, 1.165) is 25.3 Å². The lowest BCUT2D eigenvalue weighted by Gasteiger charge is -2.27. The first-order chi connectivity index (χ1) is 7.72. The van der Waals surface area contributed by atoms with Crippen LogP contribution in [0.2, 0.25) is 0 Å². The zero-order chi connectivity index (χ0) is 12.0. The Morgan fingerprint density at radius 2 is 2.00 bits per heavy atom. The van der Waals surface area contributed by atoms with Crippen molar-refractivity contribution in [1.29, 1.82) is 0 Å². The van der Waals surface area contributed by atoms with Crippen molar-refractivity contribution in [2.45, 2.75) is 20.3 Å². The van der Waals surface area contributed by atoms with Crippen LogP contribution in [0.4, 0.5) is 10.1 Å². The summed E-state index contributed by atoms with van der Waals surface area (Å²) in [5, 5.41) is 0. The molecule has 1 nitrogen and oxygen atoms in total. The summed E-state index contributed by atoms with van der Waals surface area (Å²) in [6.45, 7) is 5.90. The molecule has 0 radical (unpaired) electrons. The standard InChI is InChI=1S/C13H20FNS/c1-3-11(10-16)9-15(4-2)13-8-6-5-7-12(13)14/h5-8,11,16H,3-4,9-10H2,1-2H3. The van der Waals surface area contributed by atoms with Gasteiger partial charge in [-0.25, -0.2) is 4.39 Å². The normalized spacial score (nSPS) is 12.5. The molecule has 0 aliphatic rings. The first kappa shape index (κ1) is 13.4. The minimum absolute atomic E-state index is 0.140. The van der Waals surface area contributed by atoms with Crippen LogP contribution in [0, 0.1) is 11.7 Å². The first-order valence-electron chi connectivity index (χ1n) is 5.83. The molecule has 1 unspecified atom stereocenters. The van der Waals surface area contributed by atoms with E-state index in [4.69, 9.17) is 0 Å². The average molecular weight is 241 g/mol. The Labute approximate surface area is 103 Å². The molecule has 0 saturated heterocycles. The van der Waals surface area contributed by atoms with Crippen LogP contribution in [0.3, 0.4) is 0 Å². The number of thiol groups is 1. The predicted octanol–water partition coefficient (Wildman–Crippen LogP) is 3.61. The molecule has 3 heteroatoms. The van der Waals surface area contributed by atoms with E-state index in [2.05, 4.69) is 31.4 Å². The smallest absolute Gasteiger partial charge is 0.146 e. The van der Waals surface area contributed by atoms with Gasteiger partial charge in [0.15, 0.2) is 0 Å². The van der Waals surface area contributed by atoms with Crippen LogP contribution in [0.1, 0.15) is 20.3 Å². The minimum atomic E-state index is -0.140. The van der Waals surface area contributed by atoms with Gasteiger partial charge in [-0.2, -0.15) is 12.6 Å². The molecule has 0 bridgehead atoms. The van der Waals surface area contributed by atoms with E-state index in [-0.39, 0.29) is 5.82 Å². The summed E-state index contributed by atoms with van der Waals surface area (Å²) in [6, 6.07) is 6.95. The molecule has 0 aromatic heterocycles. The topological polar surface area (TPSA) is 3.24 Å². The Balaban J connectivity index is 2.78. The second kappa shape index (κ2) is 6.79. The number of para-hydroxylation sites is 1. The number of hydrogen-bond acceptors (Lipinski definition) is 2. The highest BCUT2D eigenvalue weighted by molar-refractivity contribution is 7.80. The fourth-order valence-electron chi connectivity index (χ4n) is 1.73. The van der Waals surface area contributed by atoms with Gasteiger partial charge in [-0.15, -0.1) is 0 Å². The maximum atomic E-state index is 13.6. The van der Waals surface area contributed by atoms with Crippen molar-refractivity contribution in [3.63, 3.8) is 0 Å². The summed E-state index contributed by atoms with van der Waals surface area (Å²) in [6.07, 6.45) is 1.08. The predicted molar refractivity (Wildman–Crippen MR) is 71.9 cm³/mol. The summed E-state index contributed by atoms with van der Waals surface area (Å²) in [7, 11) is 0. The van der Waals surface area contributed by atoms with Crippen LogP contribution in [0.15, 0.2) is 24.3 Å².